The highest BCUT2D eigenvalue weighted by Crippen LogP contribution is 2.44. The third kappa shape index (κ3) is 8.00. The second kappa shape index (κ2) is 14.8. The number of nitrogens with zero attached hydrogens (tertiary/aromatic N) is 4. The van der Waals surface area contributed by atoms with Gasteiger partial charge in [0, 0.05) is 24.9 Å². The van der Waals surface area contributed by atoms with Gasteiger partial charge in [-0.25, -0.2) is 0 Å². The van der Waals surface area contributed by atoms with Crippen LogP contribution < -0.4 is 4.74 Å². The van der Waals surface area contributed by atoms with Gasteiger partial charge < -0.3 is 4.74 Å². The van der Waals surface area contributed by atoms with E-state index in [0.717, 1.165) is 22.3 Å². The van der Waals surface area contributed by atoms with E-state index in [9.17, 15) is 0 Å². The standard InChI is InChI=1S/C40H30N4O/c1-5-15-31(16-6-1)27-41-35-23-13-25-37(39(35)43-29-33-19-9-3-10-20-33)45-38-26-14-24-36(42-28-32-17-7-2-8-18-32)40(38)44-30-34-21-11-4-12-22-34/h1-30H. The van der Waals surface area contributed by atoms with Gasteiger partial charge in [-0.05, 0) is 46.5 Å². The first kappa shape index (κ1) is 28.9. The van der Waals surface area contributed by atoms with Crippen molar-refractivity contribution >= 4 is 47.6 Å². The normalized spacial score (nSPS) is 11.6. The van der Waals surface area contributed by atoms with Crippen LogP contribution in [0.5, 0.6) is 11.5 Å². The molecule has 0 radical (unpaired) electrons. The van der Waals surface area contributed by atoms with Crippen LogP contribution in [0.3, 0.4) is 0 Å². The highest BCUT2D eigenvalue weighted by atomic mass is 16.5. The molecule has 216 valence electrons. The van der Waals surface area contributed by atoms with Gasteiger partial charge >= 0.3 is 0 Å². The Morgan fingerprint density at radius 3 is 0.956 bits per heavy atom. The number of hydrogen-bond acceptors (Lipinski definition) is 5. The Labute approximate surface area is 263 Å². The summed E-state index contributed by atoms with van der Waals surface area (Å²) in [6.07, 6.45) is 7.29. The molecule has 0 spiro atoms. The molecule has 6 aromatic rings. The zero-order chi connectivity index (χ0) is 30.5. The largest absolute Gasteiger partial charge is 0.453 e. The van der Waals surface area contributed by atoms with E-state index in [2.05, 4.69) is 0 Å². The maximum Gasteiger partial charge on any atom is 0.155 e. The molecule has 0 saturated carbocycles. The van der Waals surface area contributed by atoms with Crippen LogP contribution >= 0.6 is 0 Å². The third-order valence-corrected chi connectivity index (χ3v) is 6.76. The quantitative estimate of drug-likeness (QED) is 0.148. The van der Waals surface area contributed by atoms with Gasteiger partial charge in [-0.1, -0.05) is 133 Å². The molecular weight excluding hydrogens is 552 g/mol. The van der Waals surface area contributed by atoms with Crippen molar-refractivity contribution in [3.05, 3.63) is 180 Å². The summed E-state index contributed by atoms with van der Waals surface area (Å²) in [5, 5.41) is 0. The molecule has 0 heterocycles. The molecule has 5 nitrogen and oxygen atoms in total. The number of rotatable bonds is 10. The number of para-hydroxylation sites is 2. The zero-order valence-corrected chi connectivity index (χ0v) is 24.5. The topological polar surface area (TPSA) is 58.7 Å². The van der Waals surface area contributed by atoms with Gasteiger partial charge in [0.25, 0.3) is 0 Å². The summed E-state index contributed by atoms with van der Waals surface area (Å²) in [5.41, 5.74) is 6.47. The first-order valence-electron chi connectivity index (χ1n) is 14.6. The molecule has 6 aromatic carbocycles. The van der Waals surface area contributed by atoms with Gasteiger partial charge in [0.05, 0.1) is 11.4 Å². The molecule has 0 aliphatic heterocycles. The average Bonchev–Trinajstić information content (AvgIpc) is 3.10. The second-order valence-electron chi connectivity index (χ2n) is 10.0. The van der Waals surface area contributed by atoms with E-state index in [1.165, 1.54) is 0 Å². The minimum absolute atomic E-state index is 0.547. The van der Waals surface area contributed by atoms with E-state index >= 15 is 0 Å². The maximum atomic E-state index is 6.63. The Kier molecular flexibility index (Phi) is 9.51. The molecule has 6 rings (SSSR count). The Balaban J connectivity index is 1.42. The van der Waals surface area contributed by atoms with Crippen LogP contribution in [0, 0.1) is 0 Å². The average molecular weight is 583 g/mol. The highest BCUT2D eigenvalue weighted by Gasteiger charge is 2.14. The molecule has 0 N–H and O–H groups in total. The molecule has 0 unspecified atom stereocenters. The van der Waals surface area contributed by atoms with E-state index in [1.54, 1.807) is 0 Å². The van der Waals surface area contributed by atoms with E-state index in [4.69, 9.17) is 24.7 Å². The minimum Gasteiger partial charge on any atom is -0.453 e. The van der Waals surface area contributed by atoms with Crippen LogP contribution in [0.4, 0.5) is 22.7 Å². The van der Waals surface area contributed by atoms with Crippen LogP contribution in [0.15, 0.2) is 178 Å². The van der Waals surface area contributed by atoms with Crippen molar-refractivity contribution in [3.8, 4) is 11.5 Å². The SMILES string of the molecule is C(=Nc1cccc(Oc2cccc(N=Cc3ccccc3)c2N=Cc2ccccc2)c1N=Cc1ccccc1)c1ccccc1. The fourth-order valence-corrected chi connectivity index (χ4v) is 4.50. The van der Waals surface area contributed by atoms with E-state index in [-0.39, 0.29) is 0 Å². The minimum atomic E-state index is 0.547. The predicted octanol–water partition coefficient (Wildman–Crippen LogP) is 10.5. The van der Waals surface area contributed by atoms with Crippen molar-refractivity contribution in [2.45, 2.75) is 0 Å². The summed E-state index contributed by atoms with van der Waals surface area (Å²) in [6.45, 7) is 0. The lowest BCUT2D eigenvalue weighted by molar-refractivity contribution is 0.486. The van der Waals surface area contributed by atoms with Crippen LogP contribution in [0.1, 0.15) is 22.3 Å². The van der Waals surface area contributed by atoms with E-state index in [1.807, 2.05) is 183 Å². The van der Waals surface area contributed by atoms with E-state index < -0.39 is 0 Å². The zero-order valence-electron chi connectivity index (χ0n) is 24.5. The Morgan fingerprint density at radius 2 is 0.622 bits per heavy atom. The van der Waals surface area contributed by atoms with E-state index in [0.29, 0.717) is 34.2 Å². The highest BCUT2D eigenvalue weighted by molar-refractivity contribution is 5.90. The van der Waals surface area contributed by atoms with Gasteiger partial charge in [0.1, 0.15) is 11.4 Å². The van der Waals surface area contributed by atoms with Crippen molar-refractivity contribution in [2.75, 3.05) is 0 Å². The van der Waals surface area contributed by atoms with Gasteiger partial charge in [0.2, 0.25) is 0 Å². The van der Waals surface area contributed by atoms with Crippen LogP contribution in [0.2, 0.25) is 0 Å². The van der Waals surface area contributed by atoms with Gasteiger partial charge in [0.15, 0.2) is 11.5 Å². The lowest BCUT2D eigenvalue weighted by Gasteiger charge is -2.13. The van der Waals surface area contributed by atoms with Crippen molar-refractivity contribution in [1.29, 1.82) is 0 Å². The van der Waals surface area contributed by atoms with Crippen LogP contribution in [-0.2, 0) is 0 Å². The lowest BCUT2D eigenvalue weighted by atomic mass is 10.2. The molecule has 0 atom stereocenters. The predicted molar refractivity (Wildman–Crippen MR) is 188 cm³/mol. The molecule has 0 aromatic heterocycles. The molecule has 45 heavy (non-hydrogen) atoms. The van der Waals surface area contributed by atoms with Crippen LogP contribution in [-0.4, -0.2) is 24.9 Å². The van der Waals surface area contributed by atoms with Crippen molar-refractivity contribution in [3.63, 3.8) is 0 Å². The smallest absolute Gasteiger partial charge is 0.155 e. The van der Waals surface area contributed by atoms with Crippen LogP contribution in [0.25, 0.3) is 0 Å². The number of ether oxygens (including phenoxy) is 1. The summed E-state index contributed by atoms with van der Waals surface area (Å²) in [5.74, 6) is 1.09. The summed E-state index contributed by atoms with van der Waals surface area (Å²) in [4.78, 5) is 19.3. The Hall–Kier alpha value is -6.20. The second-order valence-corrected chi connectivity index (χ2v) is 10.0. The van der Waals surface area contributed by atoms with Crippen molar-refractivity contribution in [2.24, 2.45) is 20.0 Å². The molecule has 0 amide bonds. The van der Waals surface area contributed by atoms with Crippen molar-refractivity contribution in [1.82, 2.24) is 0 Å². The molecular formula is C40H30N4O. The van der Waals surface area contributed by atoms with Crippen molar-refractivity contribution < 1.29 is 4.74 Å². The summed E-state index contributed by atoms with van der Waals surface area (Å²) in [7, 11) is 0. The fourth-order valence-electron chi connectivity index (χ4n) is 4.50. The van der Waals surface area contributed by atoms with Gasteiger partial charge in [-0.15, -0.1) is 0 Å². The van der Waals surface area contributed by atoms with Gasteiger partial charge in [-0.3, -0.25) is 20.0 Å². The Morgan fingerprint density at radius 1 is 0.311 bits per heavy atom. The number of aliphatic imine (C=N–C) groups is 4. The van der Waals surface area contributed by atoms with Gasteiger partial charge in [-0.2, -0.15) is 0 Å². The fraction of sp³-hybridized carbons (Fsp3) is 0. The first-order chi connectivity index (χ1) is 22.3. The Bertz CT molecular complexity index is 1810. The summed E-state index contributed by atoms with van der Waals surface area (Å²) >= 11 is 0. The molecule has 0 saturated heterocycles. The first-order valence-corrected chi connectivity index (χ1v) is 14.6. The lowest BCUT2D eigenvalue weighted by Crippen LogP contribution is -1.89. The molecule has 5 heteroatoms. The summed E-state index contributed by atoms with van der Waals surface area (Å²) < 4.78 is 6.63. The third-order valence-electron chi connectivity index (χ3n) is 6.76. The maximum absolute atomic E-state index is 6.63. The molecule has 0 fully saturated rings. The monoisotopic (exact) mass is 582 g/mol. The number of benzene rings is 6. The molecule has 0 aliphatic rings. The number of hydrogen-bond donors (Lipinski definition) is 0. The summed E-state index contributed by atoms with van der Waals surface area (Å²) in [6, 6.07) is 51.3. The molecule has 0 bridgehead atoms. The molecule has 0 aliphatic carbocycles.